The SMILES string of the molecule is C=Nc1ncccc1OC(C)c1c(C)ccc(F)c1Cl. The first kappa shape index (κ1) is 14.5. The quantitative estimate of drug-likeness (QED) is 0.768. The van der Waals surface area contributed by atoms with Gasteiger partial charge in [0.05, 0.1) is 5.02 Å². The maximum absolute atomic E-state index is 13.6. The lowest BCUT2D eigenvalue weighted by molar-refractivity contribution is 0.226. The van der Waals surface area contributed by atoms with Crippen molar-refractivity contribution in [2.75, 3.05) is 0 Å². The number of hydrogen-bond acceptors (Lipinski definition) is 3. The topological polar surface area (TPSA) is 34.5 Å². The molecule has 0 spiro atoms. The highest BCUT2D eigenvalue weighted by Gasteiger charge is 2.18. The van der Waals surface area contributed by atoms with Gasteiger partial charge in [-0.3, -0.25) is 0 Å². The van der Waals surface area contributed by atoms with Gasteiger partial charge in [0.2, 0.25) is 0 Å². The van der Waals surface area contributed by atoms with E-state index in [0.717, 1.165) is 5.56 Å². The van der Waals surface area contributed by atoms with Gasteiger partial charge in [-0.25, -0.2) is 14.4 Å². The van der Waals surface area contributed by atoms with Gasteiger partial charge in [0, 0.05) is 11.8 Å². The smallest absolute Gasteiger partial charge is 0.194 e. The third-order valence-corrected chi connectivity index (χ3v) is 3.35. The number of pyridine rings is 1. The molecule has 0 aliphatic rings. The highest BCUT2D eigenvalue weighted by Crippen LogP contribution is 2.34. The van der Waals surface area contributed by atoms with Crippen LogP contribution in [0.5, 0.6) is 5.75 Å². The van der Waals surface area contributed by atoms with E-state index < -0.39 is 11.9 Å². The Balaban J connectivity index is 2.36. The van der Waals surface area contributed by atoms with Crippen LogP contribution in [0.2, 0.25) is 5.02 Å². The standard InChI is InChI=1S/C15H14ClFN2O/c1-9-6-7-11(17)14(16)13(9)10(2)20-12-5-4-8-19-15(12)18-3/h4-8,10H,3H2,1-2H3. The van der Waals surface area contributed by atoms with Gasteiger partial charge in [-0.15, -0.1) is 0 Å². The molecule has 0 amide bonds. The van der Waals surface area contributed by atoms with Crippen molar-refractivity contribution in [3.63, 3.8) is 0 Å². The number of aryl methyl sites for hydroxylation is 1. The number of ether oxygens (including phenoxy) is 1. The number of hydrogen-bond donors (Lipinski definition) is 0. The zero-order valence-electron chi connectivity index (χ0n) is 11.2. The summed E-state index contributed by atoms with van der Waals surface area (Å²) < 4.78 is 19.4. The lowest BCUT2D eigenvalue weighted by atomic mass is 10.0. The van der Waals surface area contributed by atoms with Crippen LogP contribution in [-0.2, 0) is 0 Å². The summed E-state index contributed by atoms with van der Waals surface area (Å²) in [5.41, 5.74) is 1.48. The van der Waals surface area contributed by atoms with E-state index in [1.165, 1.54) is 6.07 Å². The van der Waals surface area contributed by atoms with Crippen LogP contribution < -0.4 is 4.74 Å². The molecule has 0 saturated carbocycles. The number of aliphatic imine (C=N–C) groups is 1. The summed E-state index contributed by atoms with van der Waals surface area (Å²) in [7, 11) is 0. The molecular formula is C15H14ClFN2O. The van der Waals surface area contributed by atoms with Gasteiger partial charge in [-0.2, -0.15) is 0 Å². The average Bonchev–Trinajstić information content (AvgIpc) is 2.44. The Bertz CT molecular complexity index is 646. The Morgan fingerprint density at radius 1 is 1.40 bits per heavy atom. The number of nitrogens with zero attached hydrogens (tertiary/aromatic N) is 2. The molecule has 1 unspecified atom stereocenters. The van der Waals surface area contributed by atoms with Crippen molar-refractivity contribution in [1.82, 2.24) is 4.98 Å². The van der Waals surface area contributed by atoms with E-state index in [-0.39, 0.29) is 5.02 Å². The van der Waals surface area contributed by atoms with Crippen LogP contribution in [-0.4, -0.2) is 11.7 Å². The van der Waals surface area contributed by atoms with Crippen molar-refractivity contribution in [1.29, 1.82) is 0 Å². The molecule has 1 aromatic heterocycles. The molecule has 20 heavy (non-hydrogen) atoms. The van der Waals surface area contributed by atoms with Crippen molar-refractivity contribution in [2.45, 2.75) is 20.0 Å². The predicted octanol–water partition coefficient (Wildman–Crippen LogP) is 4.65. The van der Waals surface area contributed by atoms with Gasteiger partial charge in [0.1, 0.15) is 11.9 Å². The third-order valence-electron chi connectivity index (χ3n) is 2.96. The molecule has 5 heteroatoms. The summed E-state index contributed by atoms with van der Waals surface area (Å²) in [4.78, 5) is 7.83. The minimum absolute atomic E-state index is 0.0782. The van der Waals surface area contributed by atoms with Gasteiger partial charge < -0.3 is 4.74 Å². The first-order chi connectivity index (χ1) is 9.54. The molecule has 2 rings (SSSR count). The van der Waals surface area contributed by atoms with E-state index in [2.05, 4.69) is 16.7 Å². The molecule has 0 fully saturated rings. The maximum Gasteiger partial charge on any atom is 0.194 e. The molecule has 1 atom stereocenters. The zero-order chi connectivity index (χ0) is 14.7. The lowest BCUT2D eigenvalue weighted by Crippen LogP contribution is -2.07. The van der Waals surface area contributed by atoms with Crippen LogP contribution in [0, 0.1) is 12.7 Å². The van der Waals surface area contributed by atoms with Crippen molar-refractivity contribution >= 4 is 24.1 Å². The average molecular weight is 293 g/mol. The van der Waals surface area contributed by atoms with Crippen molar-refractivity contribution in [3.8, 4) is 5.75 Å². The largest absolute Gasteiger partial charge is 0.482 e. The first-order valence-corrected chi connectivity index (χ1v) is 6.45. The summed E-state index contributed by atoms with van der Waals surface area (Å²) in [6, 6.07) is 6.48. The molecule has 0 aliphatic carbocycles. The van der Waals surface area contributed by atoms with Crippen LogP contribution >= 0.6 is 11.6 Å². The summed E-state index contributed by atoms with van der Waals surface area (Å²) in [5, 5.41) is 0.0782. The number of rotatable bonds is 4. The van der Waals surface area contributed by atoms with Gasteiger partial charge in [-0.05, 0) is 44.3 Å². The fourth-order valence-corrected chi connectivity index (χ4v) is 2.37. The van der Waals surface area contributed by atoms with Gasteiger partial charge in [-0.1, -0.05) is 17.7 Å². The highest BCUT2D eigenvalue weighted by atomic mass is 35.5. The van der Waals surface area contributed by atoms with E-state index in [0.29, 0.717) is 17.1 Å². The normalized spacial score (nSPS) is 12.0. The van der Waals surface area contributed by atoms with Crippen molar-refractivity contribution in [3.05, 3.63) is 52.4 Å². The molecule has 2 aromatic rings. The number of aromatic nitrogens is 1. The van der Waals surface area contributed by atoms with Crippen molar-refractivity contribution in [2.24, 2.45) is 4.99 Å². The van der Waals surface area contributed by atoms with Crippen LogP contribution in [0.25, 0.3) is 0 Å². The Labute approximate surface area is 122 Å². The summed E-state index contributed by atoms with van der Waals surface area (Å²) in [5.74, 6) is 0.412. The van der Waals surface area contributed by atoms with Gasteiger partial charge >= 0.3 is 0 Å². The Morgan fingerprint density at radius 3 is 2.85 bits per heavy atom. The summed E-state index contributed by atoms with van der Waals surface area (Å²) in [6.07, 6.45) is 1.17. The first-order valence-electron chi connectivity index (χ1n) is 6.07. The molecule has 0 saturated heterocycles. The van der Waals surface area contributed by atoms with E-state index in [4.69, 9.17) is 16.3 Å². The highest BCUT2D eigenvalue weighted by molar-refractivity contribution is 6.31. The van der Waals surface area contributed by atoms with Crippen molar-refractivity contribution < 1.29 is 9.13 Å². The Hall–Kier alpha value is -1.94. The molecule has 3 nitrogen and oxygen atoms in total. The minimum Gasteiger partial charge on any atom is -0.482 e. The second kappa shape index (κ2) is 6.01. The fourth-order valence-electron chi connectivity index (χ4n) is 2.00. The van der Waals surface area contributed by atoms with E-state index in [1.54, 1.807) is 31.3 Å². The Morgan fingerprint density at radius 2 is 2.15 bits per heavy atom. The fraction of sp³-hybridized carbons (Fsp3) is 0.200. The van der Waals surface area contributed by atoms with E-state index >= 15 is 0 Å². The maximum atomic E-state index is 13.6. The monoisotopic (exact) mass is 292 g/mol. The molecule has 1 heterocycles. The van der Waals surface area contributed by atoms with Crippen LogP contribution in [0.3, 0.4) is 0 Å². The minimum atomic E-state index is -0.462. The number of halogens is 2. The molecule has 104 valence electrons. The second-order valence-corrected chi connectivity index (χ2v) is 4.71. The Kier molecular flexibility index (Phi) is 4.35. The molecule has 1 aromatic carbocycles. The summed E-state index contributed by atoms with van der Waals surface area (Å²) in [6.45, 7) is 7.10. The van der Waals surface area contributed by atoms with Crippen LogP contribution in [0.4, 0.5) is 10.2 Å². The predicted molar refractivity (Wildman–Crippen MR) is 78.6 cm³/mol. The van der Waals surface area contributed by atoms with E-state index in [1.807, 2.05) is 6.92 Å². The van der Waals surface area contributed by atoms with Crippen LogP contribution in [0.15, 0.2) is 35.5 Å². The number of benzene rings is 1. The van der Waals surface area contributed by atoms with Gasteiger partial charge in [0.25, 0.3) is 0 Å². The zero-order valence-corrected chi connectivity index (χ0v) is 12.0. The third kappa shape index (κ3) is 2.80. The molecular weight excluding hydrogens is 279 g/mol. The van der Waals surface area contributed by atoms with Crippen LogP contribution in [0.1, 0.15) is 24.2 Å². The van der Waals surface area contributed by atoms with E-state index in [9.17, 15) is 4.39 Å². The molecule has 0 bridgehead atoms. The molecule has 0 radical (unpaired) electrons. The second-order valence-electron chi connectivity index (χ2n) is 4.34. The molecule has 0 N–H and O–H groups in total. The summed E-state index contributed by atoms with van der Waals surface area (Å²) >= 11 is 6.03. The van der Waals surface area contributed by atoms with Gasteiger partial charge in [0.15, 0.2) is 11.6 Å². The molecule has 0 aliphatic heterocycles. The lowest BCUT2D eigenvalue weighted by Gasteiger charge is -2.19.